The van der Waals surface area contributed by atoms with Gasteiger partial charge in [-0.2, -0.15) is 0 Å². The summed E-state index contributed by atoms with van der Waals surface area (Å²) < 4.78 is 0. The Bertz CT molecular complexity index is 290. The van der Waals surface area contributed by atoms with Gasteiger partial charge in [0.2, 0.25) is 0 Å². The molecule has 1 fully saturated rings. The van der Waals surface area contributed by atoms with Gasteiger partial charge in [-0.3, -0.25) is 4.79 Å². The molecule has 3 unspecified atom stereocenters. The van der Waals surface area contributed by atoms with Crippen LogP contribution in [0.1, 0.15) is 74.1 Å². The zero-order valence-corrected chi connectivity index (χ0v) is 13.5. The predicted molar refractivity (Wildman–Crippen MR) is 78.5 cm³/mol. The van der Waals surface area contributed by atoms with Gasteiger partial charge in [0.05, 0.1) is 0 Å². The zero-order chi connectivity index (χ0) is 14.1. The van der Waals surface area contributed by atoms with E-state index in [1.807, 2.05) is 0 Å². The Balaban J connectivity index is 2.96. The van der Waals surface area contributed by atoms with Crippen LogP contribution in [0.3, 0.4) is 0 Å². The van der Waals surface area contributed by atoms with E-state index in [0.29, 0.717) is 29.0 Å². The molecule has 0 N–H and O–H groups in total. The Labute approximate surface area is 114 Å². The van der Waals surface area contributed by atoms with Gasteiger partial charge in [0.1, 0.15) is 5.78 Å². The van der Waals surface area contributed by atoms with Crippen molar-refractivity contribution < 1.29 is 4.79 Å². The highest BCUT2D eigenvalue weighted by Crippen LogP contribution is 2.50. The SMILES string of the molecule is CCCC1CC(C(C)(C)C)C(C(C)(C)C)CC1=O. The van der Waals surface area contributed by atoms with E-state index >= 15 is 0 Å². The van der Waals surface area contributed by atoms with E-state index in [4.69, 9.17) is 0 Å². The third-order valence-electron chi connectivity index (χ3n) is 4.76. The Morgan fingerprint density at radius 2 is 1.50 bits per heavy atom. The normalized spacial score (nSPS) is 30.6. The fraction of sp³-hybridized carbons (Fsp3) is 0.941. The Morgan fingerprint density at radius 3 is 1.89 bits per heavy atom. The van der Waals surface area contributed by atoms with Gasteiger partial charge in [-0.15, -0.1) is 0 Å². The van der Waals surface area contributed by atoms with Gasteiger partial charge in [0.15, 0.2) is 0 Å². The second kappa shape index (κ2) is 5.35. The molecule has 1 nitrogen and oxygen atoms in total. The zero-order valence-electron chi connectivity index (χ0n) is 13.5. The summed E-state index contributed by atoms with van der Waals surface area (Å²) in [7, 11) is 0. The third-order valence-corrected chi connectivity index (χ3v) is 4.76. The maximum absolute atomic E-state index is 12.3. The summed E-state index contributed by atoms with van der Waals surface area (Å²) >= 11 is 0. The van der Waals surface area contributed by atoms with E-state index in [0.717, 1.165) is 25.7 Å². The summed E-state index contributed by atoms with van der Waals surface area (Å²) in [5.41, 5.74) is 0.551. The van der Waals surface area contributed by atoms with Gasteiger partial charge in [-0.05, 0) is 35.5 Å². The van der Waals surface area contributed by atoms with E-state index in [-0.39, 0.29) is 5.41 Å². The number of carbonyl (C=O) groups is 1. The first kappa shape index (κ1) is 15.7. The summed E-state index contributed by atoms with van der Waals surface area (Å²) in [6.07, 6.45) is 4.13. The molecule has 0 aromatic carbocycles. The summed E-state index contributed by atoms with van der Waals surface area (Å²) in [5, 5.41) is 0. The van der Waals surface area contributed by atoms with Crippen molar-refractivity contribution in [3.63, 3.8) is 0 Å². The molecule has 1 saturated carbocycles. The lowest BCUT2D eigenvalue weighted by atomic mass is 9.56. The van der Waals surface area contributed by atoms with Crippen LogP contribution in [-0.2, 0) is 4.79 Å². The lowest BCUT2D eigenvalue weighted by Gasteiger charge is -2.48. The quantitative estimate of drug-likeness (QED) is 0.669. The molecule has 0 radical (unpaired) electrons. The van der Waals surface area contributed by atoms with Crippen LogP contribution >= 0.6 is 0 Å². The van der Waals surface area contributed by atoms with E-state index < -0.39 is 0 Å². The van der Waals surface area contributed by atoms with Crippen molar-refractivity contribution in [1.82, 2.24) is 0 Å². The van der Waals surface area contributed by atoms with Gasteiger partial charge < -0.3 is 0 Å². The number of hydrogen-bond acceptors (Lipinski definition) is 1. The number of Topliss-reactive ketones (excluding diaryl/α,β-unsaturated/α-hetero) is 1. The molecule has 18 heavy (non-hydrogen) atoms. The molecule has 0 saturated heterocycles. The smallest absolute Gasteiger partial charge is 0.136 e. The number of hydrogen-bond donors (Lipinski definition) is 0. The van der Waals surface area contributed by atoms with Crippen molar-refractivity contribution in [2.24, 2.45) is 28.6 Å². The molecule has 3 atom stereocenters. The van der Waals surface area contributed by atoms with E-state index in [1.165, 1.54) is 0 Å². The van der Waals surface area contributed by atoms with E-state index in [9.17, 15) is 4.79 Å². The molecular formula is C17H32O. The van der Waals surface area contributed by atoms with Crippen LogP contribution in [0.2, 0.25) is 0 Å². The Morgan fingerprint density at radius 1 is 1.00 bits per heavy atom. The third kappa shape index (κ3) is 3.59. The minimum Gasteiger partial charge on any atom is -0.299 e. The van der Waals surface area contributed by atoms with Crippen LogP contribution < -0.4 is 0 Å². The summed E-state index contributed by atoms with van der Waals surface area (Å²) in [5.74, 6) is 2.07. The van der Waals surface area contributed by atoms with Crippen molar-refractivity contribution in [1.29, 1.82) is 0 Å². The molecule has 0 spiro atoms. The van der Waals surface area contributed by atoms with Gasteiger partial charge in [0.25, 0.3) is 0 Å². The molecule has 0 aromatic rings. The lowest BCUT2D eigenvalue weighted by molar-refractivity contribution is -0.132. The molecule has 106 valence electrons. The van der Waals surface area contributed by atoms with Crippen molar-refractivity contribution >= 4 is 5.78 Å². The second-order valence-electron chi connectivity index (χ2n) is 8.34. The lowest BCUT2D eigenvalue weighted by Crippen LogP contribution is -2.44. The second-order valence-corrected chi connectivity index (χ2v) is 8.34. The van der Waals surface area contributed by atoms with Crippen LogP contribution in [0.4, 0.5) is 0 Å². The maximum atomic E-state index is 12.3. The average molecular weight is 252 g/mol. The summed E-state index contributed by atoms with van der Waals surface area (Å²) in [6, 6.07) is 0. The molecule has 1 heteroatoms. The van der Waals surface area contributed by atoms with Crippen LogP contribution in [0.5, 0.6) is 0 Å². The van der Waals surface area contributed by atoms with Crippen LogP contribution in [0, 0.1) is 28.6 Å². The molecule has 1 aliphatic rings. The van der Waals surface area contributed by atoms with Gasteiger partial charge in [-0.25, -0.2) is 0 Å². The van der Waals surface area contributed by atoms with Crippen molar-refractivity contribution in [3.05, 3.63) is 0 Å². The molecule has 1 aliphatic carbocycles. The number of ketones is 1. The van der Waals surface area contributed by atoms with E-state index in [1.54, 1.807) is 0 Å². The highest BCUT2D eigenvalue weighted by atomic mass is 16.1. The fourth-order valence-corrected chi connectivity index (χ4v) is 3.62. The number of rotatable bonds is 2. The molecular weight excluding hydrogens is 220 g/mol. The minimum absolute atomic E-state index is 0.241. The topological polar surface area (TPSA) is 17.1 Å². The Kier molecular flexibility index (Phi) is 4.67. The predicted octanol–water partition coefficient (Wildman–Crippen LogP) is 5.09. The van der Waals surface area contributed by atoms with Crippen molar-refractivity contribution in [2.75, 3.05) is 0 Å². The molecule has 0 aliphatic heterocycles. The average Bonchev–Trinajstić information content (AvgIpc) is 2.17. The van der Waals surface area contributed by atoms with Crippen LogP contribution in [0.25, 0.3) is 0 Å². The van der Waals surface area contributed by atoms with Crippen molar-refractivity contribution in [2.45, 2.75) is 74.1 Å². The van der Waals surface area contributed by atoms with E-state index in [2.05, 4.69) is 48.5 Å². The highest BCUT2D eigenvalue weighted by molar-refractivity contribution is 5.82. The van der Waals surface area contributed by atoms with Gasteiger partial charge in [0, 0.05) is 12.3 Å². The molecule has 0 bridgehead atoms. The van der Waals surface area contributed by atoms with Crippen LogP contribution in [-0.4, -0.2) is 5.78 Å². The van der Waals surface area contributed by atoms with Gasteiger partial charge >= 0.3 is 0 Å². The molecule has 0 aromatic heterocycles. The molecule has 0 amide bonds. The molecule has 0 heterocycles. The monoisotopic (exact) mass is 252 g/mol. The maximum Gasteiger partial charge on any atom is 0.136 e. The fourth-order valence-electron chi connectivity index (χ4n) is 3.62. The Hall–Kier alpha value is -0.330. The van der Waals surface area contributed by atoms with Gasteiger partial charge in [-0.1, -0.05) is 54.9 Å². The molecule has 1 rings (SSSR count). The first-order valence-electron chi connectivity index (χ1n) is 7.60. The largest absolute Gasteiger partial charge is 0.299 e. The van der Waals surface area contributed by atoms with Crippen molar-refractivity contribution in [3.8, 4) is 0 Å². The first-order chi connectivity index (χ1) is 8.07. The highest BCUT2D eigenvalue weighted by Gasteiger charge is 2.45. The first-order valence-corrected chi connectivity index (χ1v) is 7.60. The summed E-state index contributed by atoms with van der Waals surface area (Å²) in [6.45, 7) is 16.1. The minimum atomic E-state index is 0.241. The van der Waals surface area contributed by atoms with Crippen LogP contribution in [0.15, 0.2) is 0 Å². The standard InChI is InChI=1S/C17H32O/c1-8-9-12-10-13(16(2,3)4)14(11-15(12)18)17(5,6)7/h12-14H,8-11H2,1-7H3. The number of carbonyl (C=O) groups excluding carboxylic acids is 1. The summed E-state index contributed by atoms with van der Waals surface area (Å²) in [4.78, 5) is 12.3.